The Morgan fingerprint density at radius 2 is 1.50 bits per heavy atom. The highest BCUT2D eigenvalue weighted by Crippen LogP contribution is 2.39. The maximum atomic E-state index is 11.0. The summed E-state index contributed by atoms with van der Waals surface area (Å²) in [4.78, 5) is 17.9. The van der Waals surface area contributed by atoms with Gasteiger partial charge in [-0.05, 0) is 35.7 Å². The lowest BCUT2D eigenvalue weighted by Gasteiger charge is -2.13. The van der Waals surface area contributed by atoms with Crippen molar-refractivity contribution in [1.29, 1.82) is 0 Å². The molecule has 1 atom stereocenters. The van der Waals surface area contributed by atoms with Crippen molar-refractivity contribution in [2.45, 2.75) is 19.4 Å². The number of methoxy groups -OCH3 is 1. The van der Waals surface area contributed by atoms with Crippen LogP contribution in [0.4, 0.5) is 0 Å². The smallest absolute Gasteiger partial charge is 0.329 e. The van der Waals surface area contributed by atoms with Crippen molar-refractivity contribution in [3.8, 4) is 16.9 Å². The van der Waals surface area contributed by atoms with Crippen LogP contribution in [-0.4, -0.2) is 23.2 Å². The zero-order valence-electron chi connectivity index (χ0n) is 12.5. The van der Waals surface area contributed by atoms with Gasteiger partial charge in [0.1, 0.15) is 5.75 Å². The van der Waals surface area contributed by atoms with Gasteiger partial charge in [0.15, 0.2) is 6.29 Å². The average molecular weight is 322 g/mol. The molecule has 0 aromatic heterocycles. The Morgan fingerprint density at radius 1 is 1.00 bits per heavy atom. The maximum absolute atomic E-state index is 11.0. The molecule has 118 valence electrons. The molecule has 0 heterocycles. The van der Waals surface area contributed by atoms with Gasteiger partial charge >= 0.3 is 7.60 Å². The first-order valence-corrected chi connectivity index (χ1v) is 8.60. The molecule has 2 aromatic rings. The van der Waals surface area contributed by atoms with Gasteiger partial charge < -0.3 is 19.3 Å². The molecule has 0 aliphatic carbocycles. The van der Waals surface area contributed by atoms with E-state index in [-0.39, 0.29) is 12.5 Å². The highest BCUT2D eigenvalue weighted by atomic mass is 31.2. The molecule has 0 saturated carbocycles. The first-order chi connectivity index (χ1) is 10.4. The van der Waals surface area contributed by atoms with E-state index in [1.54, 1.807) is 19.2 Å². The molecule has 0 fully saturated rings. The molecule has 5 nitrogen and oxygen atoms in total. The van der Waals surface area contributed by atoms with Gasteiger partial charge in [0, 0.05) is 7.11 Å². The van der Waals surface area contributed by atoms with E-state index in [9.17, 15) is 4.57 Å². The molecule has 22 heavy (non-hydrogen) atoms. The largest absolute Gasteiger partial charge is 0.465 e. The SMILES string of the molecule is COC(C)Oc1ccc(-c2ccc(CP(=O)(O)O)cc2)cc1. The summed E-state index contributed by atoms with van der Waals surface area (Å²) in [5, 5.41) is 0. The zero-order chi connectivity index (χ0) is 16.2. The summed E-state index contributed by atoms with van der Waals surface area (Å²) < 4.78 is 21.5. The lowest BCUT2D eigenvalue weighted by atomic mass is 10.0. The van der Waals surface area contributed by atoms with Gasteiger partial charge in [-0.25, -0.2) is 0 Å². The van der Waals surface area contributed by atoms with Gasteiger partial charge in [-0.2, -0.15) is 0 Å². The van der Waals surface area contributed by atoms with Crippen molar-refractivity contribution in [2.24, 2.45) is 0 Å². The predicted octanol–water partition coefficient (Wildman–Crippen LogP) is 3.40. The number of hydrogen-bond acceptors (Lipinski definition) is 3. The summed E-state index contributed by atoms with van der Waals surface area (Å²) in [6, 6.07) is 14.7. The third kappa shape index (κ3) is 4.97. The minimum absolute atomic E-state index is 0.241. The van der Waals surface area contributed by atoms with E-state index in [0.717, 1.165) is 16.9 Å². The van der Waals surface area contributed by atoms with Crippen LogP contribution in [0.3, 0.4) is 0 Å². The van der Waals surface area contributed by atoms with Gasteiger partial charge in [-0.1, -0.05) is 36.4 Å². The molecule has 0 spiro atoms. The van der Waals surface area contributed by atoms with Crippen LogP contribution in [0.1, 0.15) is 12.5 Å². The van der Waals surface area contributed by atoms with Crippen molar-refractivity contribution in [3.05, 3.63) is 54.1 Å². The molecule has 0 amide bonds. The minimum atomic E-state index is -4.03. The summed E-state index contributed by atoms with van der Waals surface area (Å²) in [5.74, 6) is 0.719. The molecule has 2 aromatic carbocycles. The van der Waals surface area contributed by atoms with Crippen molar-refractivity contribution < 1.29 is 23.8 Å². The average Bonchev–Trinajstić information content (AvgIpc) is 2.47. The third-order valence-corrected chi connectivity index (χ3v) is 3.94. The Labute approximate surface area is 129 Å². The first kappa shape index (κ1) is 16.7. The Balaban J connectivity index is 2.10. The summed E-state index contributed by atoms with van der Waals surface area (Å²) in [7, 11) is -2.44. The fourth-order valence-corrected chi connectivity index (χ4v) is 2.69. The summed E-state index contributed by atoms with van der Waals surface area (Å²) in [6.07, 6.45) is -0.549. The number of benzene rings is 2. The van der Waals surface area contributed by atoms with E-state index < -0.39 is 7.60 Å². The number of rotatable bonds is 6. The fourth-order valence-electron chi connectivity index (χ4n) is 2.01. The Hall–Kier alpha value is -1.65. The van der Waals surface area contributed by atoms with Crippen molar-refractivity contribution in [3.63, 3.8) is 0 Å². The standard InChI is InChI=1S/C16H19O5P/c1-12(20-2)21-16-9-7-15(8-10-16)14-5-3-13(4-6-14)11-22(17,18)19/h3-10,12H,11H2,1-2H3,(H2,17,18,19). The third-order valence-electron chi connectivity index (χ3n) is 3.16. The minimum Gasteiger partial charge on any atom is -0.465 e. The van der Waals surface area contributed by atoms with Crippen LogP contribution in [0.15, 0.2) is 48.5 Å². The highest BCUT2D eigenvalue weighted by molar-refractivity contribution is 7.50. The van der Waals surface area contributed by atoms with Gasteiger partial charge in [0.05, 0.1) is 6.16 Å². The van der Waals surface area contributed by atoms with E-state index in [0.29, 0.717) is 5.56 Å². The monoisotopic (exact) mass is 322 g/mol. The normalized spacial score (nSPS) is 12.9. The van der Waals surface area contributed by atoms with E-state index in [2.05, 4.69) is 0 Å². The Kier molecular flexibility index (Phi) is 5.37. The molecule has 0 aliphatic heterocycles. The molecular formula is C16H19O5P. The molecule has 0 aliphatic rings. The van der Waals surface area contributed by atoms with Crippen LogP contribution in [0.5, 0.6) is 5.75 Å². The van der Waals surface area contributed by atoms with Crippen LogP contribution < -0.4 is 4.74 Å². The molecule has 6 heteroatoms. The lowest BCUT2D eigenvalue weighted by Crippen LogP contribution is -2.13. The van der Waals surface area contributed by atoms with Crippen LogP contribution in [-0.2, 0) is 15.5 Å². The molecule has 1 unspecified atom stereocenters. The molecule has 2 N–H and O–H groups in total. The van der Waals surface area contributed by atoms with Gasteiger partial charge in [0.2, 0.25) is 0 Å². The maximum Gasteiger partial charge on any atom is 0.329 e. The number of hydrogen-bond donors (Lipinski definition) is 2. The van der Waals surface area contributed by atoms with Crippen molar-refractivity contribution in [2.75, 3.05) is 7.11 Å². The molecule has 0 bridgehead atoms. The van der Waals surface area contributed by atoms with E-state index >= 15 is 0 Å². The quantitative estimate of drug-likeness (QED) is 0.630. The molecular weight excluding hydrogens is 303 g/mol. The summed E-state index contributed by atoms with van der Waals surface area (Å²) in [6.45, 7) is 1.81. The second kappa shape index (κ2) is 7.07. The van der Waals surface area contributed by atoms with Crippen LogP contribution >= 0.6 is 7.60 Å². The fraction of sp³-hybridized carbons (Fsp3) is 0.250. The van der Waals surface area contributed by atoms with Crippen LogP contribution in [0.2, 0.25) is 0 Å². The van der Waals surface area contributed by atoms with Gasteiger partial charge in [0.25, 0.3) is 0 Å². The number of ether oxygens (including phenoxy) is 2. The van der Waals surface area contributed by atoms with E-state index in [1.807, 2.05) is 43.3 Å². The molecule has 0 radical (unpaired) electrons. The highest BCUT2D eigenvalue weighted by Gasteiger charge is 2.13. The Morgan fingerprint density at radius 3 is 1.95 bits per heavy atom. The van der Waals surface area contributed by atoms with Crippen LogP contribution in [0.25, 0.3) is 11.1 Å². The van der Waals surface area contributed by atoms with E-state index in [1.165, 1.54) is 0 Å². The summed E-state index contributed by atoms with van der Waals surface area (Å²) in [5.41, 5.74) is 2.59. The van der Waals surface area contributed by atoms with Crippen LogP contribution in [0, 0.1) is 0 Å². The van der Waals surface area contributed by atoms with Gasteiger partial charge in [-0.15, -0.1) is 0 Å². The van der Waals surface area contributed by atoms with Crippen molar-refractivity contribution >= 4 is 7.60 Å². The first-order valence-electron chi connectivity index (χ1n) is 6.81. The van der Waals surface area contributed by atoms with E-state index in [4.69, 9.17) is 19.3 Å². The lowest BCUT2D eigenvalue weighted by molar-refractivity contribution is -0.0382. The topological polar surface area (TPSA) is 76.0 Å². The second-order valence-corrected chi connectivity index (χ2v) is 6.61. The molecule has 0 saturated heterocycles. The second-order valence-electron chi connectivity index (χ2n) is 4.97. The van der Waals surface area contributed by atoms with Gasteiger partial charge in [-0.3, -0.25) is 4.57 Å². The molecule has 2 rings (SSSR count). The zero-order valence-corrected chi connectivity index (χ0v) is 13.4. The summed E-state index contributed by atoms with van der Waals surface area (Å²) >= 11 is 0. The van der Waals surface area contributed by atoms with Crippen molar-refractivity contribution in [1.82, 2.24) is 0 Å². The predicted molar refractivity (Wildman–Crippen MR) is 84.7 cm³/mol. The Bertz CT molecular complexity index is 645.